The lowest BCUT2D eigenvalue weighted by Crippen LogP contribution is -2.06. The Kier molecular flexibility index (Phi) is 4.23. The molecule has 0 aliphatic carbocycles. The quantitative estimate of drug-likeness (QED) is 0.609. The van der Waals surface area contributed by atoms with Crippen molar-refractivity contribution in [1.29, 1.82) is 0 Å². The number of nitrogens with one attached hydrogen (secondary N) is 1. The van der Waals surface area contributed by atoms with E-state index in [9.17, 15) is 0 Å². The van der Waals surface area contributed by atoms with Crippen molar-refractivity contribution >= 4 is 0 Å². The second kappa shape index (κ2) is 5.60. The molecule has 0 saturated carbocycles. The summed E-state index contributed by atoms with van der Waals surface area (Å²) in [6, 6.07) is 0. The molecule has 1 aliphatic heterocycles. The zero-order valence-electron chi connectivity index (χ0n) is 7.27. The number of nitrogens with zero attached hydrogens (tertiary/aromatic N) is 3. The smallest absolute Gasteiger partial charge is 0.138 e. The fourth-order valence-electron chi connectivity index (χ4n) is 1.00. The molecule has 2 rings (SSSR count). The molecular formula is C8H14N4. The first-order valence-corrected chi connectivity index (χ1v) is 4.17. The standard InChI is InChI=1S/C5H11N.C3H3N3/c1-5-2-3-6-4-5;1-2-5-6-3-4-1/h5-6H,2-4H2,1H3;1-3H. The van der Waals surface area contributed by atoms with Crippen LogP contribution in [0.3, 0.4) is 0 Å². The summed E-state index contributed by atoms with van der Waals surface area (Å²) in [4.78, 5) is 3.61. The molecule has 66 valence electrons. The molecule has 1 atom stereocenters. The summed E-state index contributed by atoms with van der Waals surface area (Å²) in [6.07, 6.45) is 5.87. The highest BCUT2D eigenvalue weighted by Gasteiger charge is 2.06. The SMILES string of the molecule is CC1CCNC1.c1cnncn1. The molecule has 0 bridgehead atoms. The van der Waals surface area contributed by atoms with Gasteiger partial charge >= 0.3 is 0 Å². The summed E-state index contributed by atoms with van der Waals surface area (Å²) in [5.74, 6) is 0.935. The van der Waals surface area contributed by atoms with Crippen LogP contribution in [0, 0.1) is 5.92 Å². The first-order valence-electron chi connectivity index (χ1n) is 4.17. The molecular weight excluding hydrogens is 152 g/mol. The third kappa shape index (κ3) is 3.98. The Morgan fingerprint density at radius 2 is 2.25 bits per heavy atom. The average molecular weight is 166 g/mol. The Bertz CT molecular complexity index is 157. The lowest BCUT2D eigenvalue weighted by molar-refractivity contribution is 0.651. The third-order valence-corrected chi connectivity index (χ3v) is 1.71. The van der Waals surface area contributed by atoms with Crippen LogP contribution in [0.25, 0.3) is 0 Å². The molecule has 4 heteroatoms. The molecule has 0 radical (unpaired) electrons. The van der Waals surface area contributed by atoms with E-state index in [1.54, 1.807) is 6.20 Å². The van der Waals surface area contributed by atoms with Crippen molar-refractivity contribution in [3.05, 3.63) is 18.7 Å². The maximum atomic E-state index is 3.61. The normalized spacial score (nSPS) is 21.2. The first kappa shape index (κ1) is 9.06. The fourth-order valence-corrected chi connectivity index (χ4v) is 1.00. The second-order valence-electron chi connectivity index (χ2n) is 2.89. The Morgan fingerprint density at radius 1 is 1.33 bits per heavy atom. The predicted octanol–water partition coefficient (Wildman–Crippen LogP) is 0.487. The average Bonchev–Trinajstić information content (AvgIpc) is 2.60. The molecule has 12 heavy (non-hydrogen) atoms. The van der Waals surface area contributed by atoms with Gasteiger partial charge in [0.25, 0.3) is 0 Å². The van der Waals surface area contributed by atoms with Crippen LogP contribution in [0.15, 0.2) is 18.7 Å². The van der Waals surface area contributed by atoms with Gasteiger partial charge in [-0.25, -0.2) is 4.98 Å². The molecule has 1 aliphatic rings. The molecule has 1 N–H and O–H groups in total. The zero-order chi connectivity index (χ0) is 8.65. The third-order valence-electron chi connectivity index (χ3n) is 1.71. The van der Waals surface area contributed by atoms with E-state index in [0.717, 1.165) is 5.92 Å². The van der Waals surface area contributed by atoms with Gasteiger partial charge in [-0.1, -0.05) is 6.92 Å². The van der Waals surface area contributed by atoms with E-state index in [2.05, 4.69) is 27.4 Å². The molecule has 0 spiro atoms. The molecule has 1 aromatic heterocycles. The van der Waals surface area contributed by atoms with Crippen LogP contribution in [-0.2, 0) is 0 Å². The van der Waals surface area contributed by atoms with Gasteiger partial charge < -0.3 is 5.32 Å². The van der Waals surface area contributed by atoms with E-state index >= 15 is 0 Å². The van der Waals surface area contributed by atoms with Crippen LogP contribution in [0.1, 0.15) is 13.3 Å². The molecule has 0 aromatic carbocycles. The van der Waals surface area contributed by atoms with E-state index in [0.29, 0.717) is 0 Å². The summed E-state index contributed by atoms with van der Waals surface area (Å²) < 4.78 is 0. The van der Waals surface area contributed by atoms with E-state index in [1.807, 2.05) is 0 Å². The number of hydrogen-bond acceptors (Lipinski definition) is 4. The van der Waals surface area contributed by atoms with Crippen LogP contribution in [-0.4, -0.2) is 28.3 Å². The minimum atomic E-state index is 0.935. The molecule has 1 unspecified atom stereocenters. The minimum absolute atomic E-state index is 0.935. The Balaban J connectivity index is 0.000000120. The van der Waals surface area contributed by atoms with Crippen LogP contribution < -0.4 is 5.32 Å². The summed E-state index contributed by atoms with van der Waals surface area (Å²) in [5.41, 5.74) is 0. The molecule has 1 saturated heterocycles. The lowest BCUT2D eigenvalue weighted by atomic mass is 10.2. The van der Waals surface area contributed by atoms with E-state index in [-0.39, 0.29) is 0 Å². The van der Waals surface area contributed by atoms with Crippen molar-refractivity contribution in [3.8, 4) is 0 Å². The monoisotopic (exact) mass is 166 g/mol. The van der Waals surface area contributed by atoms with Gasteiger partial charge in [0.2, 0.25) is 0 Å². The summed E-state index contributed by atoms with van der Waals surface area (Å²) in [6.45, 7) is 4.75. The summed E-state index contributed by atoms with van der Waals surface area (Å²) >= 11 is 0. The molecule has 1 fully saturated rings. The Labute approximate surface area is 72.4 Å². The van der Waals surface area contributed by atoms with Crippen LogP contribution in [0.2, 0.25) is 0 Å². The highest BCUT2D eigenvalue weighted by molar-refractivity contribution is 4.65. The van der Waals surface area contributed by atoms with Gasteiger partial charge in [0.15, 0.2) is 0 Å². The lowest BCUT2D eigenvalue weighted by Gasteiger charge is -1.90. The number of aromatic nitrogens is 3. The maximum Gasteiger partial charge on any atom is 0.138 e. The molecule has 0 amide bonds. The zero-order valence-corrected chi connectivity index (χ0v) is 7.27. The summed E-state index contributed by atoms with van der Waals surface area (Å²) in [5, 5.41) is 10.2. The number of rotatable bonds is 0. The van der Waals surface area contributed by atoms with E-state index in [4.69, 9.17) is 0 Å². The van der Waals surface area contributed by atoms with E-state index < -0.39 is 0 Å². The van der Waals surface area contributed by atoms with Gasteiger partial charge in [0, 0.05) is 6.20 Å². The van der Waals surface area contributed by atoms with Crippen molar-refractivity contribution in [1.82, 2.24) is 20.5 Å². The highest BCUT2D eigenvalue weighted by Crippen LogP contribution is 2.03. The van der Waals surface area contributed by atoms with Gasteiger partial charge in [0.05, 0.1) is 6.20 Å². The summed E-state index contributed by atoms with van der Waals surface area (Å²) in [7, 11) is 0. The van der Waals surface area contributed by atoms with Gasteiger partial charge in [-0.2, -0.15) is 5.10 Å². The van der Waals surface area contributed by atoms with E-state index in [1.165, 1.54) is 32.0 Å². The van der Waals surface area contributed by atoms with Crippen molar-refractivity contribution < 1.29 is 0 Å². The molecule has 1 aromatic rings. The van der Waals surface area contributed by atoms with Crippen LogP contribution in [0.4, 0.5) is 0 Å². The van der Waals surface area contributed by atoms with Crippen LogP contribution >= 0.6 is 0 Å². The molecule has 2 heterocycles. The number of hydrogen-bond donors (Lipinski definition) is 1. The van der Waals surface area contributed by atoms with Crippen molar-refractivity contribution in [3.63, 3.8) is 0 Å². The fraction of sp³-hybridized carbons (Fsp3) is 0.625. The van der Waals surface area contributed by atoms with Crippen LogP contribution in [0.5, 0.6) is 0 Å². The predicted molar refractivity (Wildman–Crippen MR) is 46.5 cm³/mol. The maximum absolute atomic E-state index is 3.61. The Hall–Kier alpha value is -1.03. The largest absolute Gasteiger partial charge is 0.316 e. The first-order chi connectivity index (χ1) is 5.89. The van der Waals surface area contributed by atoms with Crippen molar-refractivity contribution in [2.75, 3.05) is 13.1 Å². The topological polar surface area (TPSA) is 50.7 Å². The van der Waals surface area contributed by atoms with Crippen molar-refractivity contribution in [2.24, 2.45) is 5.92 Å². The van der Waals surface area contributed by atoms with Gasteiger partial charge in [-0.3, -0.25) is 0 Å². The molecule has 4 nitrogen and oxygen atoms in total. The minimum Gasteiger partial charge on any atom is -0.316 e. The van der Waals surface area contributed by atoms with Crippen molar-refractivity contribution in [2.45, 2.75) is 13.3 Å². The Morgan fingerprint density at radius 3 is 2.42 bits per heavy atom. The van der Waals surface area contributed by atoms with Gasteiger partial charge in [-0.05, 0) is 25.4 Å². The van der Waals surface area contributed by atoms with Gasteiger partial charge in [0.1, 0.15) is 6.33 Å². The second-order valence-corrected chi connectivity index (χ2v) is 2.89. The van der Waals surface area contributed by atoms with Gasteiger partial charge in [-0.15, -0.1) is 5.10 Å². The highest BCUT2D eigenvalue weighted by atomic mass is 15.1.